The van der Waals surface area contributed by atoms with Crippen LogP contribution in [0.5, 0.6) is 0 Å². The van der Waals surface area contributed by atoms with Crippen LogP contribution >= 0.6 is 0 Å². The Hall–Kier alpha value is -1.18. The molecule has 2 nitrogen and oxygen atoms in total. The number of ketones is 1. The third-order valence-corrected chi connectivity index (χ3v) is 4.50. The first-order valence-corrected chi connectivity index (χ1v) is 8.21. The molecule has 0 N–H and O–H groups in total. The van der Waals surface area contributed by atoms with Gasteiger partial charge in [-0.15, -0.1) is 0 Å². The third-order valence-electron chi connectivity index (χ3n) is 4.50. The normalized spacial score (nSPS) is 21.9. The van der Waals surface area contributed by atoms with E-state index in [0.717, 1.165) is 30.5 Å². The lowest BCUT2D eigenvalue weighted by atomic mass is 9.78. The molecule has 1 heterocycles. The van der Waals surface area contributed by atoms with Crippen molar-refractivity contribution in [3.05, 3.63) is 29.1 Å². The Morgan fingerprint density at radius 2 is 2.00 bits per heavy atom. The summed E-state index contributed by atoms with van der Waals surface area (Å²) in [5.41, 5.74) is 3.12. The molecule has 0 aliphatic heterocycles. The van der Waals surface area contributed by atoms with Crippen molar-refractivity contribution in [2.24, 2.45) is 5.92 Å². The smallest absolute Gasteiger partial charge is 0.167 e. The number of rotatable bonds is 6. The van der Waals surface area contributed by atoms with Crippen molar-refractivity contribution >= 4 is 5.78 Å². The molecule has 0 bridgehead atoms. The number of pyridine rings is 1. The predicted octanol–water partition coefficient (Wildman–Crippen LogP) is 4.92. The van der Waals surface area contributed by atoms with Crippen molar-refractivity contribution in [1.29, 1.82) is 0 Å². The van der Waals surface area contributed by atoms with E-state index >= 15 is 0 Å². The maximum atomic E-state index is 12.2. The molecule has 0 fully saturated rings. The lowest BCUT2D eigenvalue weighted by Gasteiger charge is -2.27. The molecule has 0 unspecified atom stereocenters. The Morgan fingerprint density at radius 3 is 2.70 bits per heavy atom. The van der Waals surface area contributed by atoms with Gasteiger partial charge in [0.05, 0.1) is 5.69 Å². The minimum Gasteiger partial charge on any atom is -0.294 e. The fourth-order valence-electron chi connectivity index (χ4n) is 3.18. The number of hydrogen-bond donors (Lipinski definition) is 0. The Labute approximate surface area is 123 Å². The number of aromatic nitrogens is 1. The second kappa shape index (κ2) is 7.01. The van der Waals surface area contributed by atoms with Gasteiger partial charge in [-0.2, -0.15) is 0 Å². The van der Waals surface area contributed by atoms with Crippen LogP contribution in [-0.2, 0) is 6.42 Å². The average molecular weight is 273 g/mol. The number of nitrogens with zero attached hydrogens (tertiary/aromatic N) is 1. The fourth-order valence-corrected chi connectivity index (χ4v) is 3.18. The van der Waals surface area contributed by atoms with E-state index in [4.69, 9.17) is 4.98 Å². The second-order valence-electron chi connectivity index (χ2n) is 6.15. The van der Waals surface area contributed by atoms with Crippen molar-refractivity contribution in [1.82, 2.24) is 4.98 Å². The minimum absolute atomic E-state index is 0.157. The summed E-state index contributed by atoms with van der Waals surface area (Å²) in [4.78, 5) is 17.1. The van der Waals surface area contributed by atoms with Gasteiger partial charge in [-0.1, -0.05) is 40.0 Å². The quantitative estimate of drug-likeness (QED) is 0.688. The zero-order valence-corrected chi connectivity index (χ0v) is 13.1. The summed E-state index contributed by atoms with van der Waals surface area (Å²) in [5.74, 6) is 0.910. The highest BCUT2D eigenvalue weighted by Crippen LogP contribution is 2.35. The van der Waals surface area contributed by atoms with E-state index in [9.17, 15) is 4.79 Å². The maximum Gasteiger partial charge on any atom is 0.167 e. The summed E-state index contributed by atoms with van der Waals surface area (Å²) in [6.07, 6.45) is 8.16. The van der Waals surface area contributed by atoms with Gasteiger partial charge in [0.2, 0.25) is 0 Å². The van der Waals surface area contributed by atoms with E-state index in [-0.39, 0.29) is 11.7 Å². The molecule has 1 aromatic rings. The molecule has 0 saturated carbocycles. The summed E-state index contributed by atoms with van der Waals surface area (Å²) in [6.45, 7) is 6.48. The molecule has 110 valence electrons. The van der Waals surface area contributed by atoms with Crippen LogP contribution in [0.25, 0.3) is 0 Å². The first-order valence-electron chi connectivity index (χ1n) is 8.21. The maximum absolute atomic E-state index is 12.2. The molecule has 2 heteroatoms. The number of aryl methyl sites for hydroxylation is 1. The topological polar surface area (TPSA) is 30.0 Å². The lowest BCUT2D eigenvalue weighted by molar-refractivity contribution is 0.0902. The Morgan fingerprint density at radius 1 is 1.20 bits per heavy atom. The monoisotopic (exact) mass is 273 g/mol. The number of unbranched alkanes of at least 4 members (excludes halogenated alkanes) is 3. The molecule has 2 rings (SSSR count). The lowest BCUT2D eigenvalue weighted by Crippen LogP contribution is -2.25. The molecule has 0 saturated heterocycles. The highest BCUT2D eigenvalue weighted by molar-refractivity contribution is 5.99. The van der Waals surface area contributed by atoms with Crippen LogP contribution in [0.2, 0.25) is 0 Å². The highest BCUT2D eigenvalue weighted by Gasteiger charge is 2.31. The first-order chi connectivity index (χ1) is 9.67. The molecule has 1 aliphatic carbocycles. The van der Waals surface area contributed by atoms with Gasteiger partial charge in [0.15, 0.2) is 5.78 Å². The SMILES string of the molecule is CCCCCCc1ccc2c(n1)[C@@H](CC)C[C@H](C)C2=O. The van der Waals surface area contributed by atoms with Crippen molar-refractivity contribution in [3.63, 3.8) is 0 Å². The molecule has 2 atom stereocenters. The Bertz CT molecular complexity index is 466. The van der Waals surface area contributed by atoms with Crippen LogP contribution < -0.4 is 0 Å². The molecule has 0 spiro atoms. The third kappa shape index (κ3) is 3.28. The summed E-state index contributed by atoms with van der Waals surface area (Å²) in [7, 11) is 0. The summed E-state index contributed by atoms with van der Waals surface area (Å²) in [6, 6.07) is 4.09. The summed E-state index contributed by atoms with van der Waals surface area (Å²) >= 11 is 0. The molecular formula is C18H27NO. The summed E-state index contributed by atoms with van der Waals surface area (Å²) in [5, 5.41) is 0. The molecule has 1 aliphatic rings. The highest BCUT2D eigenvalue weighted by atomic mass is 16.1. The van der Waals surface area contributed by atoms with E-state index in [1.165, 1.54) is 31.4 Å². The van der Waals surface area contributed by atoms with Crippen LogP contribution in [0.3, 0.4) is 0 Å². The number of carbonyl (C=O) groups is 1. The molecule has 20 heavy (non-hydrogen) atoms. The van der Waals surface area contributed by atoms with Crippen LogP contribution in [-0.4, -0.2) is 10.8 Å². The van der Waals surface area contributed by atoms with E-state index in [1.807, 2.05) is 13.0 Å². The number of fused-ring (bicyclic) bond motifs is 1. The number of carbonyl (C=O) groups excluding carboxylic acids is 1. The molecule has 0 radical (unpaired) electrons. The second-order valence-corrected chi connectivity index (χ2v) is 6.15. The van der Waals surface area contributed by atoms with Gasteiger partial charge in [0, 0.05) is 23.1 Å². The van der Waals surface area contributed by atoms with E-state index < -0.39 is 0 Å². The molecule has 0 amide bonds. The molecule has 0 aromatic carbocycles. The van der Waals surface area contributed by atoms with Crippen molar-refractivity contribution < 1.29 is 4.79 Å². The van der Waals surface area contributed by atoms with Crippen molar-refractivity contribution in [2.75, 3.05) is 0 Å². The Kier molecular flexibility index (Phi) is 5.33. The van der Waals surface area contributed by atoms with Crippen LogP contribution in [0.1, 0.15) is 87.0 Å². The molecule has 1 aromatic heterocycles. The van der Waals surface area contributed by atoms with Gasteiger partial charge in [0.1, 0.15) is 0 Å². The zero-order chi connectivity index (χ0) is 14.5. The zero-order valence-electron chi connectivity index (χ0n) is 13.1. The molecular weight excluding hydrogens is 246 g/mol. The van der Waals surface area contributed by atoms with Crippen LogP contribution in [0, 0.1) is 5.92 Å². The van der Waals surface area contributed by atoms with Gasteiger partial charge in [0.25, 0.3) is 0 Å². The summed E-state index contributed by atoms with van der Waals surface area (Å²) < 4.78 is 0. The minimum atomic E-state index is 0.157. The Balaban J connectivity index is 2.14. The van der Waals surface area contributed by atoms with Gasteiger partial charge in [-0.25, -0.2) is 0 Å². The van der Waals surface area contributed by atoms with Crippen molar-refractivity contribution in [3.8, 4) is 0 Å². The van der Waals surface area contributed by atoms with Gasteiger partial charge in [-0.3, -0.25) is 9.78 Å². The standard InChI is InChI=1S/C18H27NO/c1-4-6-7-8-9-15-10-11-16-17(19-15)14(5-2)12-13(3)18(16)20/h10-11,13-14H,4-9,12H2,1-3H3/t13-,14-/m0/s1. The number of hydrogen-bond acceptors (Lipinski definition) is 2. The van der Waals surface area contributed by atoms with E-state index in [1.54, 1.807) is 0 Å². The van der Waals surface area contributed by atoms with E-state index in [2.05, 4.69) is 19.9 Å². The largest absolute Gasteiger partial charge is 0.294 e. The average Bonchev–Trinajstić information content (AvgIpc) is 2.47. The van der Waals surface area contributed by atoms with Crippen LogP contribution in [0.15, 0.2) is 12.1 Å². The number of Topliss-reactive ketones (excluding diaryl/α,β-unsaturated/α-hetero) is 1. The predicted molar refractivity (Wildman–Crippen MR) is 83.2 cm³/mol. The van der Waals surface area contributed by atoms with E-state index in [0.29, 0.717) is 5.92 Å². The van der Waals surface area contributed by atoms with Gasteiger partial charge < -0.3 is 0 Å². The van der Waals surface area contributed by atoms with Gasteiger partial charge >= 0.3 is 0 Å². The van der Waals surface area contributed by atoms with Crippen molar-refractivity contribution in [2.45, 2.75) is 71.6 Å². The first kappa shape index (κ1) is 15.2. The van der Waals surface area contributed by atoms with Crippen LogP contribution in [0.4, 0.5) is 0 Å². The fraction of sp³-hybridized carbons (Fsp3) is 0.667. The van der Waals surface area contributed by atoms with Gasteiger partial charge in [-0.05, 0) is 37.8 Å².